The zero-order chi connectivity index (χ0) is 28.0. The minimum absolute atomic E-state index is 0.112. The summed E-state index contributed by atoms with van der Waals surface area (Å²) in [4.78, 5) is 39.1. The van der Waals surface area contributed by atoms with Crippen LogP contribution in [0.1, 0.15) is 18.4 Å². The van der Waals surface area contributed by atoms with Gasteiger partial charge >= 0.3 is 23.9 Å². The second kappa shape index (κ2) is 21.8. The number of carboxylic acids is 4. The molecule has 0 amide bonds. The van der Waals surface area contributed by atoms with Crippen LogP contribution in [0.5, 0.6) is 5.75 Å². The SMILES string of the molecule is N=C(N)NCCCC(N)C(=O)O.NC(Cc1ccc(O)cc1)C(=O)O.NCC(=O)O.NCC(=O)O. The number of phenols is 1. The number of rotatable bonds is 10. The number of phenolic OH excluding ortho intramolecular Hbond substituents is 1. The highest BCUT2D eigenvalue weighted by Gasteiger charge is 2.11. The lowest BCUT2D eigenvalue weighted by Crippen LogP contribution is -2.34. The van der Waals surface area contributed by atoms with E-state index in [1.165, 1.54) is 12.1 Å². The first-order valence-corrected chi connectivity index (χ1v) is 9.84. The number of guanidine groups is 1. The second-order valence-electron chi connectivity index (χ2n) is 6.44. The highest BCUT2D eigenvalue weighted by atomic mass is 16.4. The maximum atomic E-state index is 10.4. The number of benzene rings is 1. The van der Waals surface area contributed by atoms with Gasteiger partial charge in [0.15, 0.2) is 5.96 Å². The normalized spacial score (nSPS) is 10.9. The van der Waals surface area contributed by atoms with Crippen molar-refractivity contribution in [1.29, 1.82) is 5.41 Å². The number of aliphatic carboxylic acids is 4. The Bertz CT molecular complexity index is 762. The molecule has 0 bridgehead atoms. The van der Waals surface area contributed by atoms with E-state index in [4.69, 9.17) is 48.1 Å². The van der Waals surface area contributed by atoms with E-state index in [1.807, 2.05) is 0 Å². The van der Waals surface area contributed by atoms with E-state index < -0.39 is 36.0 Å². The van der Waals surface area contributed by atoms with Gasteiger partial charge in [-0.05, 0) is 37.0 Å². The van der Waals surface area contributed by atoms with Crippen molar-refractivity contribution in [2.24, 2.45) is 28.7 Å². The summed E-state index contributed by atoms with van der Waals surface area (Å²) in [6, 6.07) is 4.60. The average molecular weight is 506 g/mol. The molecule has 0 aliphatic heterocycles. The lowest BCUT2D eigenvalue weighted by atomic mass is 10.1. The smallest absolute Gasteiger partial charge is 0.320 e. The minimum Gasteiger partial charge on any atom is -0.508 e. The molecule has 1 aromatic rings. The van der Waals surface area contributed by atoms with Crippen molar-refractivity contribution in [2.45, 2.75) is 31.3 Å². The summed E-state index contributed by atoms with van der Waals surface area (Å²) in [5.41, 5.74) is 25.5. The molecule has 16 heteroatoms. The summed E-state index contributed by atoms with van der Waals surface area (Å²) >= 11 is 0. The van der Waals surface area contributed by atoms with E-state index in [0.29, 0.717) is 19.4 Å². The van der Waals surface area contributed by atoms with Crippen LogP contribution in [-0.4, -0.2) is 87.1 Å². The fourth-order valence-corrected chi connectivity index (χ4v) is 1.64. The minimum atomic E-state index is -1.02. The van der Waals surface area contributed by atoms with Gasteiger partial charge in [0.1, 0.15) is 17.8 Å². The monoisotopic (exact) mass is 505 g/mol. The maximum absolute atomic E-state index is 10.4. The molecule has 0 fully saturated rings. The summed E-state index contributed by atoms with van der Waals surface area (Å²) in [6.45, 7) is -0.0731. The van der Waals surface area contributed by atoms with Gasteiger partial charge < -0.3 is 59.5 Å². The maximum Gasteiger partial charge on any atom is 0.320 e. The van der Waals surface area contributed by atoms with Crippen LogP contribution in [0.4, 0.5) is 0 Å². The first kappa shape index (κ1) is 35.6. The Morgan fingerprint density at radius 3 is 1.57 bits per heavy atom. The van der Waals surface area contributed by atoms with Crippen molar-refractivity contribution in [3.8, 4) is 5.75 Å². The number of hydrogen-bond acceptors (Lipinski definition) is 10. The predicted molar refractivity (Wildman–Crippen MR) is 126 cm³/mol. The predicted octanol–water partition coefficient (Wildman–Crippen LogP) is -2.93. The zero-order valence-corrected chi connectivity index (χ0v) is 19.0. The van der Waals surface area contributed by atoms with E-state index in [0.717, 1.165) is 5.56 Å². The van der Waals surface area contributed by atoms with Crippen LogP contribution in [0.2, 0.25) is 0 Å². The van der Waals surface area contributed by atoms with E-state index in [1.54, 1.807) is 12.1 Å². The second-order valence-corrected chi connectivity index (χ2v) is 6.44. The Labute approximate surface area is 201 Å². The molecule has 0 saturated heterocycles. The third-order valence-corrected chi connectivity index (χ3v) is 3.38. The van der Waals surface area contributed by atoms with Crippen LogP contribution >= 0.6 is 0 Å². The molecule has 0 aromatic heterocycles. The zero-order valence-electron chi connectivity index (χ0n) is 19.0. The number of nitrogens with one attached hydrogen (secondary N) is 2. The summed E-state index contributed by atoms with van der Waals surface area (Å²) in [6.07, 6.45) is 1.25. The third kappa shape index (κ3) is 28.0. The van der Waals surface area contributed by atoms with Crippen molar-refractivity contribution in [3.63, 3.8) is 0 Å². The van der Waals surface area contributed by atoms with Crippen LogP contribution in [0.15, 0.2) is 24.3 Å². The van der Waals surface area contributed by atoms with Crippen molar-refractivity contribution in [1.82, 2.24) is 5.32 Å². The topological polar surface area (TPSA) is 335 Å². The van der Waals surface area contributed by atoms with Crippen LogP contribution in [0.3, 0.4) is 0 Å². The van der Waals surface area contributed by atoms with Gasteiger partial charge in [0.25, 0.3) is 0 Å². The first-order chi connectivity index (χ1) is 16.2. The van der Waals surface area contributed by atoms with Gasteiger partial charge in [0, 0.05) is 6.54 Å². The first-order valence-electron chi connectivity index (χ1n) is 9.84. The summed E-state index contributed by atoms with van der Waals surface area (Å²) in [7, 11) is 0. The Kier molecular flexibility index (Phi) is 22.2. The van der Waals surface area contributed by atoms with E-state index >= 15 is 0 Å². The van der Waals surface area contributed by atoms with Gasteiger partial charge in [0.2, 0.25) is 0 Å². The van der Waals surface area contributed by atoms with E-state index in [9.17, 15) is 19.2 Å². The highest BCUT2D eigenvalue weighted by molar-refractivity contribution is 5.74. The Morgan fingerprint density at radius 2 is 1.26 bits per heavy atom. The molecule has 35 heavy (non-hydrogen) atoms. The molecule has 1 aromatic carbocycles. The molecule has 0 heterocycles. The molecule has 0 radical (unpaired) electrons. The quantitative estimate of drug-likeness (QED) is 0.0859. The fraction of sp³-hybridized carbons (Fsp3) is 0.421. The largest absolute Gasteiger partial charge is 0.508 e. The molecule has 2 atom stereocenters. The lowest BCUT2D eigenvalue weighted by molar-refractivity contribution is -0.139. The van der Waals surface area contributed by atoms with E-state index in [2.05, 4.69) is 16.8 Å². The number of nitrogens with two attached hydrogens (primary N) is 5. The van der Waals surface area contributed by atoms with Gasteiger partial charge in [-0.2, -0.15) is 0 Å². The number of aromatic hydroxyl groups is 1. The Balaban J connectivity index is -0.000000427. The summed E-state index contributed by atoms with van der Waals surface area (Å²) in [5, 5.41) is 50.4. The molecule has 0 spiro atoms. The van der Waals surface area contributed by atoms with Gasteiger partial charge in [0.05, 0.1) is 13.1 Å². The molecule has 200 valence electrons. The molecular weight excluding hydrogens is 470 g/mol. The van der Waals surface area contributed by atoms with Gasteiger partial charge in [-0.1, -0.05) is 12.1 Å². The molecule has 16 nitrogen and oxygen atoms in total. The average Bonchev–Trinajstić information content (AvgIpc) is 2.78. The summed E-state index contributed by atoms with van der Waals surface area (Å²) in [5.74, 6) is -3.91. The molecule has 0 saturated carbocycles. The van der Waals surface area contributed by atoms with Crippen molar-refractivity contribution in [3.05, 3.63) is 29.8 Å². The van der Waals surface area contributed by atoms with Crippen molar-refractivity contribution < 1.29 is 44.7 Å². The third-order valence-electron chi connectivity index (χ3n) is 3.38. The highest BCUT2D eigenvalue weighted by Crippen LogP contribution is 2.10. The van der Waals surface area contributed by atoms with Gasteiger partial charge in [-0.3, -0.25) is 24.6 Å². The summed E-state index contributed by atoms with van der Waals surface area (Å²) < 4.78 is 0. The van der Waals surface area contributed by atoms with Gasteiger partial charge in [-0.15, -0.1) is 0 Å². The molecule has 1 rings (SSSR count). The molecule has 0 aliphatic carbocycles. The Morgan fingerprint density at radius 1 is 0.857 bits per heavy atom. The Hall–Kier alpha value is -3.99. The van der Waals surface area contributed by atoms with Crippen LogP contribution < -0.4 is 34.0 Å². The van der Waals surface area contributed by atoms with Crippen molar-refractivity contribution in [2.75, 3.05) is 19.6 Å². The number of carboxylic acid groups (broad SMARTS) is 4. The fourth-order valence-electron chi connectivity index (χ4n) is 1.64. The van der Waals surface area contributed by atoms with Crippen LogP contribution in [-0.2, 0) is 25.6 Å². The molecular formula is C19H35N7O9. The van der Waals surface area contributed by atoms with Crippen molar-refractivity contribution >= 4 is 29.8 Å². The van der Waals surface area contributed by atoms with Crippen LogP contribution in [0.25, 0.3) is 0 Å². The molecule has 17 N–H and O–H groups in total. The van der Waals surface area contributed by atoms with E-state index in [-0.39, 0.29) is 31.2 Å². The number of hydrogen-bond donors (Lipinski definition) is 12. The number of carbonyl (C=O) groups is 4. The molecule has 2 unspecified atom stereocenters. The lowest BCUT2D eigenvalue weighted by Gasteiger charge is -2.06. The van der Waals surface area contributed by atoms with Crippen LogP contribution in [0, 0.1) is 5.41 Å². The van der Waals surface area contributed by atoms with Gasteiger partial charge in [-0.25, -0.2) is 0 Å². The molecule has 0 aliphatic rings. The standard InChI is InChI=1S/C9H11NO3.C6H14N4O2.2C2H5NO2/c10-8(9(12)13)5-6-1-3-7(11)4-2-6;7-4(5(11)12)2-1-3-10-6(8)9;2*3-1-2(4)5/h1-4,8,11H,5,10H2,(H,12,13);4H,1-3,7H2,(H,11,12)(H4,8,9,10);2*1,3H2,(H,4,5).